The van der Waals surface area contributed by atoms with Crippen LogP contribution in [0.15, 0.2) is 53.4 Å². The van der Waals surface area contributed by atoms with E-state index in [4.69, 9.17) is 11.6 Å². The van der Waals surface area contributed by atoms with Crippen LogP contribution in [0.4, 0.5) is 10.1 Å². The summed E-state index contributed by atoms with van der Waals surface area (Å²) in [5.41, 5.74) is 0.174. The standard InChI is InChI=1S/C21H23ClFN3O4S/c22-15-7-9-19(10-8-15)31(29,30)26-13-2-1-6-18(26)11-12-24-20(27)21(28)25-17-5-3-4-16(23)14-17/h3-5,7-10,14,18H,1-2,6,11-13H2,(H,24,27)(H,25,28)/t18-/m1/s1. The molecule has 0 aromatic heterocycles. The molecule has 10 heteroatoms. The predicted molar refractivity (Wildman–Crippen MR) is 116 cm³/mol. The van der Waals surface area contributed by atoms with Gasteiger partial charge in [0.15, 0.2) is 0 Å². The second kappa shape index (κ2) is 10.2. The maximum atomic E-state index is 13.2. The zero-order valence-corrected chi connectivity index (χ0v) is 18.3. The van der Waals surface area contributed by atoms with Gasteiger partial charge in [0.1, 0.15) is 5.82 Å². The Hall–Kier alpha value is -2.49. The second-order valence-corrected chi connectivity index (χ2v) is 9.56. The van der Waals surface area contributed by atoms with E-state index >= 15 is 0 Å². The number of nitrogens with one attached hydrogen (secondary N) is 2. The fraction of sp³-hybridized carbons (Fsp3) is 0.333. The quantitative estimate of drug-likeness (QED) is 0.638. The largest absolute Gasteiger partial charge is 0.348 e. The van der Waals surface area contributed by atoms with Gasteiger partial charge in [-0.2, -0.15) is 4.31 Å². The average Bonchev–Trinajstić information content (AvgIpc) is 2.74. The van der Waals surface area contributed by atoms with Gasteiger partial charge in [-0.1, -0.05) is 24.1 Å². The van der Waals surface area contributed by atoms with Gasteiger partial charge in [-0.25, -0.2) is 12.8 Å². The molecule has 31 heavy (non-hydrogen) atoms. The van der Waals surface area contributed by atoms with E-state index in [2.05, 4.69) is 10.6 Å². The molecule has 3 rings (SSSR count). The Morgan fingerprint density at radius 2 is 1.84 bits per heavy atom. The molecule has 2 amide bonds. The molecular formula is C21H23ClFN3O4S. The third kappa shape index (κ3) is 6.03. The molecular weight excluding hydrogens is 445 g/mol. The molecule has 0 unspecified atom stereocenters. The normalized spacial score (nSPS) is 17.2. The lowest BCUT2D eigenvalue weighted by Gasteiger charge is -2.34. The highest BCUT2D eigenvalue weighted by Gasteiger charge is 2.33. The van der Waals surface area contributed by atoms with Crippen LogP contribution in [0.25, 0.3) is 0 Å². The molecule has 166 valence electrons. The fourth-order valence-corrected chi connectivity index (χ4v) is 5.36. The smallest absolute Gasteiger partial charge is 0.313 e. The summed E-state index contributed by atoms with van der Waals surface area (Å²) >= 11 is 5.86. The van der Waals surface area contributed by atoms with Crippen LogP contribution in [0.5, 0.6) is 0 Å². The van der Waals surface area contributed by atoms with E-state index in [1.54, 1.807) is 0 Å². The van der Waals surface area contributed by atoms with E-state index in [1.807, 2.05) is 0 Å². The average molecular weight is 468 g/mol. The number of carbonyl (C=O) groups excluding carboxylic acids is 2. The van der Waals surface area contributed by atoms with Gasteiger partial charge in [-0.3, -0.25) is 9.59 Å². The lowest BCUT2D eigenvalue weighted by molar-refractivity contribution is -0.136. The summed E-state index contributed by atoms with van der Waals surface area (Å²) in [4.78, 5) is 24.2. The maximum Gasteiger partial charge on any atom is 0.313 e. The maximum absolute atomic E-state index is 13.2. The minimum absolute atomic E-state index is 0.132. The molecule has 1 heterocycles. The van der Waals surface area contributed by atoms with E-state index in [1.165, 1.54) is 46.8 Å². The molecule has 1 aliphatic heterocycles. The van der Waals surface area contributed by atoms with Crippen molar-refractivity contribution < 1.29 is 22.4 Å². The molecule has 0 radical (unpaired) electrons. The molecule has 2 aromatic carbocycles. The molecule has 2 aromatic rings. The van der Waals surface area contributed by atoms with Crippen LogP contribution in [0, 0.1) is 5.82 Å². The van der Waals surface area contributed by atoms with Crippen LogP contribution in [0.3, 0.4) is 0 Å². The third-order valence-corrected chi connectivity index (χ3v) is 7.26. The van der Waals surface area contributed by atoms with Crippen LogP contribution in [-0.2, 0) is 19.6 Å². The number of sulfonamides is 1. The van der Waals surface area contributed by atoms with E-state index in [9.17, 15) is 22.4 Å². The lowest BCUT2D eigenvalue weighted by Crippen LogP contribution is -2.45. The summed E-state index contributed by atoms with van der Waals surface area (Å²) in [6.07, 6.45) is 2.67. The van der Waals surface area contributed by atoms with Crippen molar-refractivity contribution in [1.82, 2.24) is 9.62 Å². The van der Waals surface area contributed by atoms with Gasteiger partial charge in [0, 0.05) is 29.8 Å². The van der Waals surface area contributed by atoms with E-state index in [0.717, 1.165) is 18.9 Å². The van der Waals surface area contributed by atoms with Crippen molar-refractivity contribution in [2.75, 3.05) is 18.4 Å². The van der Waals surface area contributed by atoms with Crippen LogP contribution in [-0.4, -0.2) is 43.7 Å². The molecule has 0 aliphatic carbocycles. The number of hydrogen-bond acceptors (Lipinski definition) is 4. The van der Waals surface area contributed by atoms with Gasteiger partial charge < -0.3 is 10.6 Å². The van der Waals surface area contributed by atoms with Crippen molar-refractivity contribution in [2.24, 2.45) is 0 Å². The van der Waals surface area contributed by atoms with E-state index in [0.29, 0.717) is 24.4 Å². The van der Waals surface area contributed by atoms with Gasteiger partial charge in [0.05, 0.1) is 4.90 Å². The minimum Gasteiger partial charge on any atom is -0.348 e. The number of piperidine rings is 1. The van der Waals surface area contributed by atoms with Gasteiger partial charge in [0.25, 0.3) is 0 Å². The molecule has 2 N–H and O–H groups in total. The lowest BCUT2D eigenvalue weighted by atomic mass is 10.0. The predicted octanol–water partition coefficient (Wildman–Crippen LogP) is 3.17. The SMILES string of the molecule is O=C(NCC[C@H]1CCCCN1S(=O)(=O)c1ccc(Cl)cc1)C(=O)Nc1cccc(F)c1. The Balaban J connectivity index is 1.57. The minimum atomic E-state index is -3.69. The monoisotopic (exact) mass is 467 g/mol. The first kappa shape index (κ1) is 23.2. The molecule has 1 aliphatic rings. The summed E-state index contributed by atoms with van der Waals surface area (Å²) in [5, 5.41) is 5.27. The number of amides is 2. The summed E-state index contributed by atoms with van der Waals surface area (Å²) in [6.45, 7) is 0.524. The number of benzene rings is 2. The highest BCUT2D eigenvalue weighted by atomic mass is 35.5. The van der Waals surface area contributed by atoms with Crippen molar-refractivity contribution in [3.63, 3.8) is 0 Å². The van der Waals surface area contributed by atoms with Gasteiger partial charge >= 0.3 is 11.8 Å². The Labute approximate surface area is 185 Å². The van der Waals surface area contributed by atoms with Gasteiger partial charge in [0.2, 0.25) is 10.0 Å². The number of rotatable bonds is 6. The first-order valence-electron chi connectivity index (χ1n) is 9.89. The summed E-state index contributed by atoms with van der Waals surface area (Å²) in [6, 6.07) is 10.9. The summed E-state index contributed by atoms with van der Waals surface area (Å²) < 4.78 is 40.7. The Kier molecular flexibility index (Phi) is 7.64. The van der Waals surface area contributed by atoms with Crippen molar-refractivity contribution >= 4 is 39.1 Å². The first-order chi connectivity index (χ1) is 14.8. The van der Waals surface area contributed by atoms with E-state index < -0.39 is 27.7 Å². The first-order valence-corrected chi connectivity index (χ1v) is 11.7. The summed E-state index contributed by atoms with van der Waals surface area (Å²) in [5.74, 6) is -2.32. The number of nitrogens with zero attached hydrogens (tertiary/aromatic N) is 1. The fourth-order valence-electron chi connectivity index (χ4n) is 3.51. The number of hydrogen-bond donors (Lipinski definition) is 2. The molecule has 0 bridgehead atoms. The Morgan fingerprint density at radius 3 is 2.55 bits per heavy atom. The van der Waals surface area contributed by atoms with Crippen molar-refractivity contribution in [3.05, 3.63) is 59.4 Å². The van der Waals surface area contributed by atoms with Crippen LogP contribution in [0.2, 0.25) is 5.02 Å². The molecule has 1 atom stereocenters. The van der Waals surface area contributed by atoms with Gasteiger partial charge in [-0.05, 0) is 61.7 Å². The van der Waals surface area contributed by atoms with Crippen LogP contribution in [0.1, 0.15) is 25.7 Å². The van der Waals surface area contributed by atoms with Crippen LogP contribution >= 0.6 is 11.6 Å². The second-order valence-electron chi connectivity index (χ2n) is 7.23. The van der Waals surface area contributed by atoms with E-state index in [-0.39, 0.29) is 23.2 Å². The zero-order valence-electron chi connectivity index (χ0n) is 16.7. The zero-order chi connectivity index (χ0) is 22.4. The molecule has 1 fully saturated rings. The topological polar surface area (TPSA) is 95.6 Å². The number of halogens is 2. The summed E-state index contributed by atoms with van der Waals surface area (Å²) in [7, 11) is -3.69. The van der Waals surface area contributed by atoms with Crippen LogP contribution < -0.4 is 10.6 Å². The Morgan fingerprint density at radius 1 is 1.10 bits per heavy atom. The van der Waals surface area contributed by atoms with Crippen molar-refractivity contribution in [2.45, 2.75) is 36.6 Å². The van der Waals surface area contributed by atoms with Gasteiger partial charge in [-0.15, -0.1) is 0 Å². The highest BCUT2D eigenvalue weighted by Crippen LogP contribution is 2.27. The third-order valence-electron chi connectivity index (χ3n) is 5.05. The highest BCUT2D eigenvalue weighted by molar-refractivity contribution is 7.89. The number of anilines is 1. The van der Waals surface area contributed by atoms with Crippen molar-refractivity contribution in [3.8, 4) is 0 Å². The molecule has 7 nitrogen and oxygen atoms in total. The molecule has 1 saturated heterocycles. The number of carbonyl (C=O) groups is 2. The Bertz CT molecular complexity index is 1050. The molecule has 0 saturated carbocycles. The van der Waals surface area contributed by atoms with Crippen molar-refractivity contribution in [1.29, 1.82) is 0 Å². The molecule has 0 spiro atoms.